The van der Waals surface area contributed by atoms with E-state index < -0.39 is 0 Å². The van der Waals surface area contributed by atoms with E-state index in [-0.39, 0.29) is 0 Å². The first kappa shape index (κ1) is 15.0. The Morgan fingerprint density at radius 1 is 1.40 bits per heavy atom. The SMILES string of the molecule is CCCOC1CCCN(c2cc(NCC)nc(C)n2)C1. The monoisotopic (exact) mass is 278 g/mol. The predicted octanol–water partition coefficient (Wildman–Crippen LogP) is 2.61. The summed E-state index contributed by atoms with van der Waals surface area (Å²) in [7, 11) is 0. The molecule has 1 atom stereocenters. The predicted molar refractivity (Wildman–Crippen MR) is 82.4 cm³/mol. The maximum absolute atomic E-state index is 5.89. The molecule has 112 valence electrons. The van der Waals surface area contributed by atoms with Crippen molar-refractivity contribution in [2.75, 3.05) is 36.5 Å². The van der Waals surface area contributed by atoms with Crippen LogP contribution in [0.4, 0.5) is 11.6 Å². The Balaban J connectivity index is 2.05. The molecule has 1 aromatic heterocycles. The van der Waals surface area contributed by atoms with Crippen molar-refractivity contribution in [1.82, 2.24) is 9.97 Å². The van der Waals surface area contributed by atoms with Crippen LogP contribution in [0.15, 0.2) is 6.07 Å². The Hall–Kier alpha value is -1.36. The number of nitrogens with one attached hydrogen (secondary N) is 1. The number of hydrogen-bond donors (Lipinski definition) is 1. The van der Waals surface area contributed by atoms with E-state index in [1.54, 1.807) is 0 Å². The quantitative estimate of drug-likeness (QED) is 0.867. The standard InChI is InChI=1S/C15H26N4O/c1-4-9-20-13-7-6-8-19(11-13)15-10-14(16-5-2)17-12(3)18-15/h10,13H,4-9,11H2,1-3H3,(H,16,17,18). The summed E-state index contributed by atoms with van der Waals surface area (Å²) in [6, 6.07) is 2.04. The number of nitrogens with zero attached hydrogens (tertiary/aromatic N) is 3. The summed E-state index contributed by atoms with van der Waals surface area (Å²) in [4.78, 5) is 11.3. The molecule has 1 aromatic rings. The highest BCUT2D eigenvalue weighted by atomic mass is 16.5. The van der Waals surface area contributed by atoms with Gasteiger partial charge in [-0.2, -0.15) is 0 Å². The van der Waals surface area contributed by atoms with Crippen LogP contribution in [0.1, 0.15) is 38.9 Å². The van der Waals surface area contributed by atoms with Crippen molar-refractivity contribution >= 4 is 11.6 Å². The average molecular weight is 278 g/mol. The first-order valence-electron chi connectivity index (χ1n) is 7.69. The summed E-state index contributed by atoms with van der Waals surface area (Å²) in [5.41, 5.74) is 0. The Morgan fingerprint density at radius 3 is 3.00 bits per heavy atom. The molecule has 5 heteroatoms. The first-order valence-corrected chi connectivity index (χ1v) is 7.69. The first-order chi connectivity index (χ1) is 9.72. The van der Waals surface area contributed by atoms with Gasteiger partial charge in [0, 0.05) is 32.3 Å². The van der Waals surface area contributed by atoms with Crippen molar-refractivity contribution < 1.29 is 4.74 Å². The number of ether oxygens (including phenoxy) is 1. The molecule has 1 fully saturated rings. The third-order valence-corrected chi connectivity index (χ3v) is 3.44. The van der Waals surface area contributed by atoms with E-state index in [1.807, 2.05) is 13.0 Å². The maximum Gasteiger partial charge on any atom is 0.134 e. The van der Waals surface area contributed by atoms with Gasteiger partial charge in [-0.15, -0.1) is 0 Å². The van der Waals surface area contributed by atoms with Gasteiger partial charge >= 0.3 is 0 Å². The van der Waals surface area contributed by atoms with Gasteiger partial charge in [-0.05, 0) is 33.1 Å². The zero-order chi connectivity index (χ0) is 14.4. The molecule has 1 aliphatic rings. The Labute approximate surface area is 121 Å². The molecule has 1 saturated heterocycles. The van der Waals surface area contributed by atoms with Gasteiger partial charge in [-0.25, -0.2) is 9.97 Å². The third kappa shape index (κ3) is 4.07. The zero-order valence-electron chi connectivity index (χ0n) is 12.9. The lowest BCUT2D eigenvalue weighted by Crippen LogP contribution is -2.40. The van der Waals surface area contributed by atoms with Gasteiger partial charge < -0.3 is 15.0 Å². The van der Waals surface area contributed by atoms with Gasteiger partial charge in [0.15, 0.2) is 0 Å². The van der Waals surface area contributed by atoms with E-state index in [9.17, 15) is 0 Å². The van der Waals surface area contributed by atoms with Crippen LogP contribution in [-0.2, 0) is 4.74 Å². The molecule has 2 rings (SSSR count). The molecular weight excluding hydrogens is 252 g/mol. The summed E-state index contributed by atoms with van der Waals surface area (Å²) in [5.74, 6) is 2.74. The zero-order valence-corrected chi connectivity index (χ0v) is 12.9. The van der Waals surface area contributed by atoms with Crippen molar-refractivity contribution in [3.8, 4) is 0 Å². The number of aryl methyl sites for hydroxylation is 1. The Bertz CT molecular complexity index is 424. The van der Waals surface area contributed by atoms with Crippen LogP contribution in [0.5, 0.6) is 0 Å². The largest absolute Gasteiger partial charge is 0.376 e. The number of piperidine rings is 1. The van der Waals surface area contributed by atoms with Gasteiger partial charge in [-0.3, -0.25) is 0 Å². The summed E-state index contributed by atoms with van der Waals surface area (Å²) >= 11 is 0. The molecule has 20 heavy (non-hydrogen) atoms. The van der Waals surface area contributed by atoms with Crippen molar-refractivity contribution in [3.05, 3.63) is 11.9 Å². The lowest BCUT2D eigenvalue weighted by atomic mass is 10.1. The second-order valence-electron chi connectivity index (χ2n) is 5.27. The molecule has 2 heterocycles. The molecular formula is C15H26N4O. The van der Waals surface area contributed by atoms with Gasteiger partial charge in [0.25, 0.3) is 0 Å². The summed E-state index contributed by atoms with van der Waals surface area (Å²) in [6.07, 6.45) is 3.73. The van der Waals surface area contributed by atoms with Crippen LogP contribution in [0.2, 0.25) is 0 Å². The van der Waals surface area contributed by atoms with Gasteiger partial charge in [0.05, 0.1) is 6.10 Å². The summed E-state index contributed by atoms with van der Waals surface area (Å²) in [6.45, 7) is 9.88. The Morgan fingerprint density at radius 2 is 2.25 bits per heavy atom. The van der Waals surface area contributed by atoms with Crippen LogP contribution in [0.3, 0.4) is 0 Å². The maximum atomic E-state index is 5.89. The van der Waals surface area contributed by atoms with Gasteiger partial charge in [0.1, 0.15) is 17.5 Å². The lowest BCUT2D eigenvalue weighted by molar-refractivity contribution is 0.0439. The van der Waals surface area contributed by atoms with Crippen molar-refractivity contribution in [2.24, 2.45) is 0 Å². The lowest BCUT2D eigenvalue weighted by Gasteiger charge is -2.33. The fourth-order valence-electron chi connectivity index (χ4n) is 2.55. The molecule has 1 N–H and O–H groups in total. The molecule has 1 aliphatic heterocycles. The molecule has 0 radical (unpaired) electrons. The second kappa shape index (κ2) is 7.43. The number of anilines is 2. The Kier molecular flexibility index (Phi) is 5.59. The summed E-state index contributed by atoms with van der Waals surface area (Å²) < 4.78 is 5.89. The summed E-state index contributed by atoms with van der Waals surface area (Å²) in [5, 5.41) is 3.26. The van der Waals surface area contributed by atoms with Crippen LogP contribution in [-0.4, -0.2) is 42.3 Å². The second-order valence-corrected chi connectivity index (χ2v) is 5.27. The molecule has 0 aliphatic carbocycles. The number of aromatic nitrogens is 2. The average Bonchev–Trinajstić information content (AvgIpc) is 2.45. The minimum absolute atomic E-state index is 0.335. The van der Waals surface area contributed by atoms with E-state index >= 15 is 0 Å². The van der Waals surface area contributed by atoms with E-state index in [1.165, 1.54) is 0 Å². The van der Waals surface area contributed by atoms with Gasteiger partial charge in [0.2, 0.25) is 0 Å². The topological polar surface area (TPSA) is 50.3 Å². The molecule has 5 nitrogen and oxygen atoms in total. The molecule has 0 spiro atoms. The number of hydrogen-bond acceptors (Lipinski definition) is 5. The van der Waals surface area contributed by atoms with Crippen LogP contribution in [0, 0.1) is 6.92 Å². The smallest absolute Gasteiger partial charge is 0.134 e. The molecule has 0 saturated carbocycles. The van der Waals surface area contributed by atoms with Crippen LogP contribution < -0.4 is 10.2 Å². The molecule has 1 unspecified atom stereocenters. The van der Waals surface area contributed by atoms with Crippen molar-refractivity contribution in [1.29, 1.82) is 0 Å². The van der Waals surface area contributed by atoms with Crippen molar-refractivity contribution in [3.63, 3.8) is 0 Å². The molecule has 0 amide bonds. The third-order valence-electron chi connectivity index (χ3n) is 3.44. The molecule has 0 bridgehead atoms. The van der Waals surface area contributed by atoms with Crippen LogP contribution >= 0.6 is 0 Å². The number of rotatable bonds is 6. The van der Waals surface area contributed by atoms with Crippen LogP contribution in [0.25, 0.3) is 0 Å². The highest BCUT2D eigenvalue weighted by molar-refractivity contribution is 5.49. The fourth-order valence-corrected chi connectivity index (χ4v) is 2.55. The normalized spacial score (nSPS) is 19.1. The van der Waals surface area contributed by atoms with Crippen molar-refractivity contribution in [2.45, 2.75) is 46.1 Å². The molecule has 0 aromatic carbocycles. The van der Waals surface area contributed by atoms with E-state index in [0.29, 0.717) is 6.10 Å². The highest BCUT2D eigenvalue weighted by Crippen LogP contribution is 2.22. The minimum Gasteiger partial charge on any atom is -0.376 e. The van der Waals surface area contributed by atoms with E-state index in [2.05, 4.69) is 34.0 Å². The van der Waals surface area contributed by atoms with E-state index in [0.717, 1.165) is 63.0 Å². The minimum atomic E-state index is 0.335. The van der Waals surface area contributed by atoms with E-state index in [4.69, 9.17) is 4.74 Å². The fraction of sp³-hybridized carbons (Fsp3) is 0.733. The van der Waals surface area contributed by atoms with Gasteiger partial charge in [-0.1, -0.05) is 6.92 Å². The highest BCUT2D eigenvalue weighted by Gasteiger charge is 2.21.